The molecule has 1 aliphatic carbocycles. The Morgan fingerprint density at radius 1 is 1.39 bits per heavy atom. The molecule has 1 aromatic rings. The Hall–Kier alpha value is -0.830. The lowest BCUT2D eigenvalue weighted by Gasteiger charge is -2.40. The zero-order valence-electron chi connectivity index (χ0n) is 11.3. The summed E-state index contributed by atoms with van der Waals surface area (Å²) in [4.78, 5) is 12.7. The van der Waals surface area contributed by atoms with Crippen LogP contribution in [0.25, 0.3) is 0 Å². The Bertz CT molecular complexity index is 403. The molecule has 2 nitrogen and oxygen atoms in total. The lowest BCUT2D eigenvalue weighted by atomic mass is 9.65. The zero-order valence-corrected chi connectivity index (χ0v) is 12.2. The second-order valence-corrected chi connectivity index (χ2v) is 7.42. The minimum atomic E-state index is -0.624. The predicted octanol–water partition coefficient (Wildman–Crippen LogP) is 4.38. The first-order valence-electron chi connectivity index (χ1n) is 6.66. The van der Waals surface area contributed by atoms with Crippen LogP contribution in [0.5, 0.6) is 0 Å². The smallest absolute Gasteiger partial charge is 0.307 e. The summed E-state index contributed by atoms with van der Waals surface area (Å²) >= 11 is 1.70. The highest BCUT2D eigenvalue weighted by molar-refractivity contribution is 7.10. The molecule has 3 heteroatoms. The van der Waals surface area contributed by atoms with Crippen LogP contribution >= 0.6 is 11.3 Å². The summed E-state index contributed by atoms with van der Waals surface area (Å²) in [6.07, 6.45) is 2.88. The maximum atomic E-state index is 11.4. The molecule has 0 saturated heterocycles. The van der Waals surface area contributed by atoms with Gasteiger partial charge in [-0.3, -0.25) is 4.79 Å². The van der Waals surface area contributed by atoms with E-state index in [1.54, 1.807) is 11.3 Å². The first-order chi connectivity index (χ1) is 8.39. The minimum absolute atomic E-state index is 0.192. The Morgan fingerprint density at radius 2 is 2.11 bits per heavy atom. The molecule has 0 aliphatic heterocycles. The normalized spacial score (nSPS) is 29.2. The van der Waals surface area contributed by atoms with E-state index in [-0.39, 0.29) is 17.3 Å². The molecule has 1 aromatic heterocycles. The van der Waals surface area contributed by atoms with Crippen molar-refractivity contribution in [1.29, 1.82) is 0 Å². The van der Waals surface area contributed by atoms with E-state index in [2.05, 4.69) is 32.2 Å². The topological polar surface area (TPSA) is 37.3 Å². The van der Waals surface area contributed by atoms with Crippen molar-refractivity contribution in [3.05, 3.63) is 22.4 Å². The quantitative estimate of drug-likeness (QED) is 0.862. The standard InChI is InChI=1S/C15H22O2S/c1-15(2,3)10-6-7-11(14(16)17)12(9-10)13-5-4-8-18-13/h4-5,8,10-12H,6-7,9H2,1-3H3,(H,16,17). The average Bonchev–Trinajstić information content (AvgIpc) is 2.80. The summed E-state index contributed by atoms with van der Waals surface area (Å²) in [5, 5.41) is 11.5. The maximum absolute atomic E-state index is 11.4. The highest BCUT2D eigenvalue weighted by atomic mass is 32.1. The molecular weight excluding hydrogens is 244 g/mol. The lowest BCUT2D eigenvalue weighted by molar-refractivity contribution is -0.144. The second-order valence-electron chi connectivity index (χ2n) is 6.44. The van der Waals surface area contributed by atoms with Gasteiger partial charge < -0.3 is 5.11 Å². The van der Waals surface area contributed by atoms with Gasteiger partial charge in [-0.05, 0) is 42.0 Å². The van der Waals surface area contributed by atoms with Crippen molar-refractivity contribution < 1.29 is 9.90 Å². The summed E-state index contributed by atoms with van der Waals surface area (Å²) in [6.45, 7) is 6.80. The third-order valence-electron chi connectivity index (χ3n) is 4.30. The first-order valence-corrected chi connectivity index (χ1v) is 7.53. The maximum Gasteiger partial charge on any atom is 0.307 e. The Kier molecular flexibility index (Phi) is 3.81. The van der Waals surface area contributed by atoms with Crippen LogP contribution in [0.1, 0.15) is 50.8 Å². The molecule has 1 aliphatic rings. The summed E-state index contributed by atoms with van der Waals surface area (Å²) in [6, 6.07) is 4.12. The van der Waals surface area contributed by atoms with Crippen LogP contribution in [0, 0.1) is 17.3 Å². The van der Waals surface area contributed by atoms with Gasteiger partial charge in [-0.2, -0.15) is 0 Å². The van der Waals surface area contributed by atoms with Crippen LogP contribution in [-0.2, 0) is 4.79 Å². The zero-order chi connectivity index (χ0) is 13.3. The van der Waals surface area contributed by atoms with Gasteiger partial charge >= 0.3 is 5.97 Å². The van der Waals surface area contributed by atoms with E-state index in [9.17, 15) is 9.90 Å². The molecule has 100 valence electrons. The number of thiophene rings is 1. The SMILES string of the molecule is CC(C)(C)C1CCC(C(=O)O)C(c2cccs2)C1. The van der Waals surface area contributed by atoms with Gasteiger partial charge in [0.2, 0.25) is 0 Å². The van der Waals surface area contributed by atoms with Gasteiger partial charge in [0.15, 0.2) is 0 Å². The summed E-state index contributed by atoms with van der Waals surface area (Å²) in [7, 11) is 0. The predicted molar refractivity (Wildman–Crippen MR) is 75.0 cm³/mol. The summed E-state index contributed by atoms with van der Waals surface area (Å²) in [5.74, 6) is 0.0173. The molecule has 0 radical (unpaired) electrons. The minimum Gasteiger partial charge on any atom is -0.481 e. The van der Waals surface area contributed by atoms with Gasteiger partial charge in [0, 0.05) is 10.8 Å². The van der Waals surface area contributed by atoms with Crippen molar-refractivity contribution in [2.75, 3.05) is 0 Å². The van der Waals surface area contributed by atoms with Gasteiger partial charge in [0.25, 0.3) is 0 Å². The fraction of sp³-hybridized carbons (Fsp3) is 0.667. The van der Waals surface area contributed by atoms with E-state index in [0.29, 0.717) is 5.92 Å². The van der Waals surface area contributed by atoms with Crippen molar-refractivity contribution in [2.24, 2.45) is 17.3 Å². The van der Waals surface area contributed by atoms with Gasteiger partial charge in [-0.1, -0.05) is 26.8 Å². The molecule has 3 unspecified atom stereocenters. The molecule has 0 aromatic carbocycles. The molecule has 0 amide bonds. The fourth-order valence-electron chi connectivity index (χ4n) is 3.07. The highest BCUT2D eigenvalue weighted by Crippen LogP contribution is 2.47. The molecule has 18 heavy (non-hydrogen) atoms. The number of rotatable bonds is 2. The first kappa shape index (κ1) is 13.6. The van der Waals surface area contributed by atoms with Crippen molar-refractivity contribution in [3.8, 4) is 0 Å². The third kappa shape index (κ3) is 2.77. The number of carboxylic acids is 1. The largest absolute Gasteiger partial charge is 0.481 e. The Balaban J connectivity index is 2.22. The van der Waals surface area contributed by atoms with E-state index < -0.39 is 5.97 Å². The molecule has 2 rings (SSSR count). The highest BCUT2D eigenvalue weighted by Gasteiger charge is 2.39. The van der Waals surface area contributed by atoms with Crippen LogP contribution in [0.2, 0.25) is 0 Å². The monoisotopic (exact) mass is 266 g/mol. The van der Waals surface area contributed by atoms with Gasteiger partial charge in [0.1, 0.15) is 0 Å². The van der Waals surface area contributed by atoms with Crippen molar-refractivity contribution in [2.45, 2.75) is 46.0 Å². The van der Waals surface area contributed by atoms with Crippen molar-refractivity contribution in [3.63, 3.8) is 0 Å². The lowest BCUT2D eigenvalue weighted by Crippen LogP contribution is -2.33. The fourth-order valence-corrected chi connectivity index (χ4v) is 3.98. The third-order valence-corrected chi connectivity index (χ3v) is 5.31. The molecule has 1 saturated carbocycles. The summed E-state index contributed by atoms with van der Waals surface area (Å²) < 4.78 is 0. The van der Waals surface area contributed by atoms with E-state index in [1.165, 1.54) is 4.88 Å². The van der Waals surface area contributed by atoms with E-state index >= 15 is 0 Å². The summed E-state index contributed by atoms with van der Waals surface area (Å²) in [5.41, 5.74) is 0.277. The number of carboxylic acid groups (broad SMARTS) is 1. The molecule has 1 fully saturated rings. The number of hydrogen-bond donors (Lipinski definition) is 1. The Morgan fingerprint density at radius 3 is 2.61 bits per heavy atom. The molecule has 0 bridgehead atoms. The molecular formula is C15H22O2S. The molecule has 0 spiro atoms. The Labute approximate surface area is 113 Å². The van der Waals surface area contributed by atoms with Gasteiger partial charge in [-0.25, -0.2) is 0 Å². The van der Waals surface area contributed by atoms with Crippen LogP contribution in [0.4, 0.5) is 0 Å². The van der Waals surface area contributed by atoms with E-state index in [0.717, 1.165) is 19.3 Å². The van der Waals surface area contributed by atoms with Crippen LogP contribution in [0.15, 0.2) is 17.5 Å². The van der Waals surface area contributed by atoms with Crippen molar-refractivity contribution in [1.82, 2.24) is 0 Å². The molecule has 1 heterocycles. The van der Waals surface area contributed by atoms with E-state index in [1.807, 2.05) is 6.07 Å². The number of carbonyl (C=O) groups is 1. The molecule has 1 N–H and O–H groups in total. The van der Waals surface area contributed by atoms with E-state index in [4.69, 9.17) is 0 Å². The molecule has 3 atom stereocenters. The number of hydrogen-bond acceptors (Lipinski definition) is 2. The second kappa shape index (κ2) is 5.04. The van der Waals surface area contributed by atoms with Crippen LogP contribution in [0.3, 0.4) is 0 Å². The van der Waals surface area contributed by atoms with Gasteiger partial charge in [0.05, 0.1) is 5.92 Å². The average molecular weight is 266 g/mol. The van der Waals surface area contributed by atoms with Crippen LogP contribution in [-0.4, -0.2) is 11.1 Å². The van der Waals surface area contributed by atoms with Gasteiger partial charge in [-0.15, -0.1) is 11.3 Å². The van der Waals surface area contributed by atoms with Crippen molar-refractivity contribution >= 4 is 17.3 Å². The van der Waals surface area contributed by atoms with Crippen LogP contribution < -0.4 is 0 Å². The number of aliphatic carboxylic acids is 1.